The van der Waals surface area contributed by atoms with Crippen LogP contribution in [0.1, 0.15) is 18.9 Å². The highest BCUT2D eigenvalue weighted by Crippen LogP contribution is 2.18. The molecule has 0 saturated carbocycles. The van der Waals surface area contributed by atoms with E-state index in [2.05, 4.69) is 27.5 Å². The lowest BCUT2D eigenvalue weighted by molar-refractivity contribution is 0.410. The maximum Gasteiger partial charge on any atom is 0.147 e. The molecule has 1 heterocycles. The molecular formula is C15H20N4O. The molecule has 20 heavy (non-hydrogen) atoms. The first-order chi connectivity index (χ1) is 9.83. The Labute approximate surface area is 119 Å². The van der Waals surface area contributed by atoms with Crippen LogP contribution in [0.5, 0.6) is 5.75 Å². The van der Waals surface area contributed by atoms with Gasteiger partial charge in [0.15, 0.2) is 0 Å². The number of para-hydroxylation sites is 1. The Morgan fingerprint density at radius 1 is 1.10 bits per heavy atom. The van der Waals surface area contributed by atoms with E-state index >= 15 is 0 Å². The molecule has 0 atom stereocenters. The van der Waals surface area contributed by atoms with E-state index in [1.807, 2.05) is 24.3 Å². The van der Waals surface area contributed by atoms with E-state index in [9.17, 15) is 0 Å². The molecule has 2 aromatic rings. The lowest BCUT2D eigenvalue weighted by Crippen LogP contribution is -2.07. The Morgan fingerprint density at radius 3 is 2.60 bits per heavy atom. The summed E-state index contributed by atoms with van der Waals surface area (Å²) < 4.78 is 5.32. The van der Waals surface area contributed by atoms with Gasteiger partial charge in [-0.15, -0.1) is 0 Å². The molecule has 0 aliphatic rings. The molecule has 0 amide bonds. The van der Waals surface area contributed by atoms with Gasteiger partial charge in [0.2, 0.25) is 0 Å². The van der Waals surface area contributed by atoms with E-state index in [0.29, 0.717) is 6.54 Å². The van der Waals surface area contributed by atoms with Crippen LogP contribution < -0.4 is 15.4 Å². The summed E-state index contributed by atoms with van der Waals surface area (Å²) >= 11 is 0. The van der Waals surface area contributed by atoms with Crippen molar-refractivity contribution in [1.82, 2.24) is 9.97 Å². The monoisotopic (exact) mass is 272 g/mol. The van der Waals surface area contributed by atoms with Crippen molar-refractivity contribution >= 4 is 11.6 Å². The predicted molar refractivity (Wildman–Crippen MR) is 81.1 cm³/mol. The fourth-order valence-electron chi connectivity index (χ4n) is 1.82. The molecule has 1 aromatic heterocycles. The molecule has 106 valence electrons. The Kier molecular flexibility index (Phi) is 5.17. The lowest BCUT2D eigenvalue weighted by Gasteiger charge is -2.10. The molecule has 0 aliphatic heterocycles. The molecule has 5 heteroatoms. The summed E-state index contributed by atoms with van der Waals surface area (Å²) in [6.45, 7) is 3.66. The Hall–Kier alpha value is -2.30. The van der Waals surface area contributed by atoms with E-state index in [1.165, 1.54) is 0 Å². The van der Waals surface area contributed by atoms with Crippen LogP contribution in [-0.2, 0) is 6.54 Å². The molecule has 0 aliphatic carbocycles. The molecule has 0 fully saturated rings. The zero-order valence-electron chi connectivity index (χ0n) is 11.9. The first-order valence-electron chi connectivity index (χ1n) is 6.75. The topological polar surface area (TPSA) is 59.1 Å². The largest absolute Gasteiger partial charge is 0.496 e. The minimum Gasteiger partial charge on any atom is -0.496 e. The summed E-state index contributed by atoms with van der Waals surface area (Å²) in [5, 5.41) is 6.48. The van der Waals surface area contributed by atoms with E-state index in [1.54, 1.807) is 19.5 Å². The molecule has 2 rings (SSSR count). The Morgan fingerprint density at radius 2 is 1.85 bits per heavy atom. The van der Waals surface area contributed by atoms with E-state index in [-0.39, 0.29) is 0 Å². The van der Waals surface area contributed by atoms with Crippen LogP contribution in [0.25, 0.3) is 0 Å². The van der Waals surface area contributed by atoms with Crippen LogP contribution in [-0.4, -0.2) is 23.6 Å². The summed E-state index contributed by atoms with van der Waals surface area (Å²) in [6.07, 6.45) is 4.50. The fourth-order valence-corrected chi connectivity index (χ4v) is 1.82. The highest BCUT2D eigenvalue weighted by atomic mass is 16.5. The summed E-state index contributed by atoms with van der Waals surface area (Å²) in [5.74, 6) is 2.40. The van der Waals surface area contributed by atoms with Gasteiger partial charge in [-0.3, -0.25) is 4.98 Å². The number of anilines is 2. The minimum absolute atomic E-state index is 0.649. The van der Waals surface area contributed by atoms with Gasteiger partial charge in [0.1, 0.15) is 17.4 Å². The minimum atomic E-state index is 0.649. The van der Waals surface area contributed by atoms with Crippen LogP contribution in [0.2, 0.25) is 0 Å². The van der Waals surface area contributed by atoms with Crippen LogP contribution in [0.4, 0.5) is 11.6 Å². The number of ether oxygens (including phenoxy) is 1. The molecule has 0 bridgehead atoms. The number of nitrogens with zero attached hydrogens (tertiary/aromatic N) is 2. The molecule has 0 saturated heterocycles. The first-order valence-corrected chi connectivity index (χ1v) is 6.75. The number of nitrogens with one attached hydrogen (secondary N) is 2. The second-order valence-corrected chi connectivity index (χ2v) is 4.38. The maximum atomic E-state index is 5.32. The number of rotatable bonds is 7. The third-order valence-electron chi connectivity index (χ3n) is 2.84. The number of benzene rings is 1. The zero-order chi connectivity index (χ0) is 14.2. The molecule has 5 nitrogen and oxygen atoms in total. The molecular weight excluding hydrogens is 252 g/mol. The molecule has 1 aromatic carbocycles. The van der Waals surface area contributed by atoms with Crippen molar-refractivity contribution in [2.24, 2.45) is 0 Å². The van der Waals surface area contributed by atoms with Crippen LogP contribution >= 0.6 is 0 Å². The van der Waals surface area contributed by atoms with Crippen LogP contribution in [0, 0.1) is 0 Å². The predicted octanol–water partition coefficient (Wildman–Crippen LogP) is 2.92. The Bertz CT molecular complexity index is 545. The van der Waals surface area contributed by atoms with Gasteiger partial charge in [-0.2, -0.15) is 0 Å². The van der Waals surface area contributed by atoms with Gasteiger partial charge < -0.3 is 15.4 Å². The SMILES string of the molecule is CCCNc1cncc(NCc2ccccc2OC)n1. The average Bonchev–Trinajstić information content (AvgIpc) is 2.51. The number of hydrogen-bond acceptors (Lipinski definition) is 5. The normalized spacial score (nSPS) is 10.1. The van der Waals surface area contributed by atoms with E-state index in [4.69, 9.17) is 4.74 Å². The number of methoxy groups -OCH3 is 1. The second-order valence-electron chi connectivity index (χ2n) is 4.38. The molecule has 0 radical (unpaired) electrons. The molecule has 0 spiro atoms. The summed E-state index contributed by atoms with van der Waals surface area (Å²) in [7, 11) is 1.67. The van der Waals surface area contributed by atoms with E-state index < -0.39 is 0 Å². The summed E-state index contributed by atoms with van der Waals surface area (Å²) in [4.78, 5) is 8.63. The Balaban J connectivity index is 1.99. The second kappa shape index (κ2) is 7.33. The average molecular weight is 272 g/mol. The van der Waals surface area contributed by atoms with Crippen molar-refractivity contribution < 1.29 is 4.74 Å². The van der Waals surface area contributed by atoms with Crippen molar-refractivity contribution in [2.45, 2.75) is 19.9 Å². The van der Waals surface area contributed by atoms with Gasteiger partial charge in [-0.25, -0.2) is 4.98 Å². The van der Waals surface area contributed by atoms with Crippen molar-refractivity contribution in [1.29, 1.82) is 0 Å². The number of hydrogen-bond donors (Lipinski definition) is 2. The van der Waals surface area contributed by atoms with Crippen LogP contribution in [0.15, 0.2) is 36.7 Å². The van der Waals surface area contributed by atoms with Gasteiger partial charge in [-0.05, 0) is 12.5 Å². The third kappa shape index (κ3) is 3.85. The lowest BCUT2D eigenvalue weighted by atomic mass is 10.2. The fraction of sp³-hybridized carbons (Fsp3) is 0.333. The zero-order valence-corrected chi connectivity index (χ0v) is 11.9. The van der Waals surface area contributed by atoms with Crippen molar-refractivity contribution in [2.75, 3.05) is 24.3 Å². The maximum absolute atomic E-state index is 5.32. The van der Waals surface area contributed by atoms with Crippen molar-refractivity contribution in [3.63, 3.8) is 0 Å². The van der Waals surface area contributed by atoms with Gasteiger partial charge in [0.05, 0.1) is 19.5 Å². The van der Waals surface area contributed by atoms with Crippen LogP contribution in [0.3, 0.4) is 0 Å². The summed E-state index contributed by atoms with van der Waals surface area (Å²) in [5.41, 5.74) is 1.09. The molecule has 0 unspecified atom stereocenters. The van der Waals surface area contributed by atoms with Gasteiger partial charge in [0, 0.05) is 18.7 Å². The highest BCUT2D eigenvalue weighted by Gasteiger charge is 2.02. The highest BCUT2D eigenvalue weighted by molar-refractivity contribution is 5.43. The van der Waals surface area contributed by atoms with E-state index in [0.717, 1.165) is 35.9 Å². The van der Waals surface area contributed by atoms with Gasteiger partial charge in [-0.1, -0.05) is 25.1 Å². The number of aromatic nitrogens is 2. The van der Waals surface area contributed by atoms with Crippen molar-refractivity contribution in [3.8, 4) is 5.75 Å². The van der Waals surface area contributed by atoms with Crippen molar-refractivity contribution in [3.05, 3.63) is 42.2 Å². The third-order valence-corrected chi connectivity index (χ3v) is 2.84. The quantitative estimate of drug-likeness (QED) is 0.811. The molecule has 2 N–H and O–H groups in total. The van der Waals surface area contributed by atoms with Gasteiger partial charge >= 0.3 is 0 Å². The first kappa shape index (κ1) is 14.1. The summed E-state index contributed by atoms with van der Waals surface area (Å²) in [6, 6.07) is 7.92. The van der Waals surface area contributed by atoms with Gasteiger partial charge in [0.25, 0.3) is 0 Å². The smallest absolute Gasteiger partial charge is 0.147 e. The standard InChI is InChI=1S/C15H20N4O/c1-3-8-17-14-10-16-11-15(19-14)18-9-12-6-4-5-7-13(12)20-2/h4-7,10-11H,3,8-9H2,1-2H3,(H2,17,18,19).